The first-order valence-corrected chi connectivity index (χ1v) is 10.4. The molecule has 164 valence electrons. The third-order valence-electron chi connectivity index (χ3n) is 6.12. The van der Waals surface area contributed by atoms with Crippen molar-refractivity contribution in [1.29, 1.82) is 0 Å². The number of rotatable bonds is 3. The van der Waals surface area contributed by atoms with Crippen LogP contribution in [0.25, 0.3) is 0 Å². The summed E-state index contributed by atoms with van der Waals surface area (Å²) in [5.74, 6) is 0.155. The zero-order chi connectivity index (χ0) is 21.5. The Kier molecular flexibility index (Phi) is 5.56. The van der Waals surface area contributed by atoms with Crippen molar-refractivity contribution in [2.24, 2.45) is 0 Å². The summed E-state index contributed by atoms with van der Waals surface area (Å²) in [5, 5.41) is 2.85. The predicted octanol–water partition coefficient (Wildman–Crippen LogP) is 3.09. The van der Waals surface area contributed by atoms with Gasteiger partial charge >= 0.3 is 12.2 Å². The second-order valence-electron chi connectivity index (χ2n) is 8.08. The molecule has 4 rings (SSSR count). The number of urea groups is 1. The van der Waals surface area contributed by atoms with Crippen LogP contribution in [0.5, 0.6) is 0 Å². The van der Waals surface area contributed by atoms with Crippen LogP contribution in [-0.2, 0) is 11.0 Å². The fraction of sp³-hybridized carbons (Fsp3) is 0.632. The molecule has 1 aromatic heterocycles. The Morgan fingerprint density at radius 1 is 1.10 bits per heavy atom. The SMILES string of the molecule is O=C1NC2(CCCCC2)C(=O)N1CN1CCN(c2ncc(C(F)(F)F)cc2Cl)CC1. The van der Waals surface area contributed by atoms with Crippen molar-refractivity contribution in [3.8, 4) is 0 Å². The van der Waals surface area contributed by atoms with Crippen LogP contribution in [0.1, 0.15) is 37.7 Å². The number of amides is 3. The number of carbonyl (C=O) groups excluding carboxylic acids is 2. The van der Waals surface area contributed by atoms with Gasteiger partial charge in [0.15, 0.2) is 0 Å². The van der Waals surface area contributed by atoms with Gasteiger partial charge in [0.2, 0.25) is 0 Å². The molecule has 3 amide bonds. The van der Waals surface area contributed by atoms with Crippen LogP contribution in [-0.4, -0.2) is 65.1 Å². The summed E-state index contributed by atoms with van der Waals surface area (Å²) < 4.78 is 38.4. The number of carbonyl (C=O) groups is 2. The summed E-state index contributed by atoms with van der Waals surface area (Å²) in [7, 11) is 0. The second kappa shape index (κ2) is 7.88. The molecule has 1 saturated carbocycles. The van der Waals surface area contributed by atoms with E-state index in [1.165, 1.54) is 4.90 Å². The minimum absolute atomic E-state index is 0.0494. The van der Waals surface area contributed by atoms with Crippen LogP contribution in [0.2, 0.25) is 5.02 Å². The van der Waals surface area contributed by atoms with E-state index in [2.05, 4.69) is 10.3 Å². The first-order valence-electron chi connectivity index (χ1n) is 10.0. The predicted molar refractivity (Wildman–Crippen MR) is 104 cm³/mol. The Labute approximate surface area is 177 Å². The van der Waals surface area contributed by atoms with Gasteiger partial charge in [-0.15, -0.1) is 0 Å². The molecule has 0 radical (unpaired) electrons. The molecule has 7 nitrogen and oxygen atoms in total. The standard InChI is InChI=1S/C19H23ClF3N5O2/c20-14-10-13(19(21,22)23)11-24-15(14)27-8-6-26(7-9-27)12-28-16(29)18(25-17(28)30)4-2-1-3-5-18/h10-11H,1-9,12H2,(H,25,30). The van der Waals surface area contributed by atoms with E-state index >= 15 is 0 Å². The molecule has 1 spiro atoms. The molecule has 1 N–H and O–H groups in total. The molecule has 3 fully saturated rings. The van der Waals surface area contributed by atoms with Crippen molar-refractivity contribution in [1.82, 2.24) is 20.1 Å². The number of aromatic nitrogens is 1. The summed E-state index contributed by atoms with van der Waals surface area (Å²) in [6.07, 6.45) is 0.586. The Balaban J connectivity index is 1.36. The van der Waals surface area contributed by atoms with Gasteiger partial charge in [-0.2, -0.15) is 13.2 Å². The monoisotopic (exact) mass is 445 g/mol. The quantitative estimate of drug-likeness (QED) is 0.724. The number of alkyl halides is 3. The van der Waals surface area contributed by atoms with Crippen LogP contribution >= 0.6 is 11.6 Å². The largest absolute Gasteiger partial charge is 0.417 e. The van der Waals surface area contributed by atoms with Crippen LogP contribution < -0.4 is 10.2 Å². The van der Waals surface area contributed by atoms with E-state index in [1.807, 2.05) is 9.80 Å². The molecule has 3 aliphatic rings. The van der Waals surface area contributed by atoms with E-state index < -0.39 is 17.3 Å². The Morgan fingerprint density at radius 2 is 1.77 bits per heavy atom. The van der Waals surface area contributed by atoms with Crippen molar-refractivity contribution in [3.63, 3.8) is 0 Å². The number of halogens is 4. The summed E-state index contributed by atoms with van der Waals surface area (Å²) in [4.78, 5) is 34.3. The molecule has 0 atom stereocenters. The minimum Gasteiger partial charge on any atom is -0.353 e. The lowest BCUT2D eigenvalue weighted by Gasteiger charge is -2.37. The smallest absolute Gasteiger partial charge is 0.353 e. The van der Waals surface area contributed by atoms with Gasteiger partial charge in [-0.25, -0.2) is 14.7 Å². The van der Waals surface area contributed by atoms with Crippen molar-refractivity contribution in [2.75, 3.05) is 37.7 Å². The highest BCUT2D eigenvalue weighted by atomic mass is 35.5. The second-order valence-corrected chi connectivity index (χ2v) is 8.49. The molecule has 0 bridgehead atoms. The fourth-order valence-electron chi connectivity index (χ4n) is 4.42. The van der Waals surface area contributed by atoms with E-state index in [9.17, 15) is 22.8 Å². The van der Waals surface area contributed by atoms with Gasteiger partial charge in [0.1, 0.15) is 11.4 Å². The maximum atomic E-state index is 12.9. The molecule has 3 heterocycles. The Morgan fingerprint density at radius 3 is 2.37 bits per heavy atom. The molecule has 2 saturated heterocycles. The number of hydrogen-bond acceptors (Lipinski definition) is 5. The Bertz CT molecular complexity index is 836. The molecule has 1 aromatic rings. The van der Waals surface area contributed by atoms with Gasteiger partial charge in [-0.05, 0) is 18.9 Å². The van der Waals surface area contributed by atoms with Gasteiger partial charge in [0, 0.05) is 32.4 Å². The number of hydrogen-bond donors (Lipinski definition) is 1. The number of imide groups is 1. The minimum atomic E-state index is -4.49. The first kappa shape index (κ1) is 21.2. The topological polar surface area (TPSA) is 68.8 Å². The summed E-state index contributed by atoms with van der Waals surface area (Å²) in [5.41, 5.74) is -1.63. The van der Waals surface area contributed by atoms with Crippen molar-refractivity contribution in [2.45, 2.75) is 43.8 Å². The highest BCUT2D eigenvalue weighted by molar-refractivity contribution is 6.33. The van der Waals surface area contributed by atoms with E-state index in [4.69, 9.17) is 11.6 Å². The highest BCUT2D eigenvalue weighted by Gasteiger charge is 2.51. The van der Waals surface area contributed by atoms with E-state index in [1.54, 1.807) is 0 Å². The van der Waals surface area contributed by atoms with Crippen LogP contribution in [0.3, 0.4) is 0 Å². The van der Waals surface area contributed by atoms with Crippen LogP contribution in [0.4, 0.5) is 23.8 Å². The van der Waals surface area contributed by atoms with E-state index in [0.717, 1.165) is 31.5 Å². The van der Waals surface area contributed by atoms with Crippen LogP contribution in [0, 0.1) is 0 Å². The van der Waals surface area contributed by atoms with Gasteiger partial charge in [-0.3, -0.25) is 9.69 Å². The maximum absolute atomic E-state index is 12.9. The summed E-state index contributed by atoms with van der Waals surface area (Å²) in [6, 6.07) is 0.532. The van der Waals surface area contributed by atoms with Gasteiger partial charge < -0.3 is 10.2 Å². The lowest BCUT2D eigenvalue weighted by Crippen LogP contribution is -2.52. The average molecular weight is 446 g/mol. The highest BCUT2D eigenvalue weighted by Crippen LogP contribution is 2.35. The van der Waals surface area contributed by atoms with Gasteiger partial charge in [0.25, 0.3) is 5.91 Å². The Hall–Kier alpha value is -2.07. The van der Waals surface area contributed by atoms with Gasteiger partial charge in [0.05, 0.1) is 17.3 Å². The molecule has 11 heteroatoms. The third-order valence-corrected chi connectivity index (χ3v) is 6.39. The first-order chi connectivity index (χ1) is 14.2. The third kappa shape index (κ3) is 3.94. The maximum Gasteiger partial charge on any atom is 0.417 e. The lowest BCUT2D eigenvalue weighted by molar-refractivity contribution is -0.138. The molecule has 2 aliphatic heterocycles. The molecule has 1 aliphatic carbocycles. The number of piperazine rings is 1. The van der Waals surface area contributed by atoms with Crippen molar-refractivity contribution in [3.05, 3.63) is 22.8 Å². The number of nitrogens with zero attached hydrogens (tertiary/aromatic N) is 4. The van der Waals surface area contributed by atoms with Crippen LogP contribution in [0.15, 0.2) is 12.3 Å². The van der Waals surface area contributed by atoms with E-state index in [-0.39, 0.29) is 23.6 Å². The van der Waals surface area contributed by atoms with Crippen molar-refractivity contribution >= 4 is 29.4 Å². The summed E-state index contributed by atoms with van der Waals surface area (Å²) in [6.45, 7) is 2.22. The molecule has 0 aromatic carbocycles. The summed E-state index contributed by atoms with van der Waals surface area (Å²) >= 11 is 6.04. The number of pyridine rings is 1. The average Bonchev–Trinajstić information content (AvgIpc) is 2.92. The molecular weight excluding hydrogens is 423 g/mol. The number of anilines is 1. The fourth-order valence-corrected chi connectivity index (χ4v) is 4.70. The molecule has 30 heavy (non-hydrogen) atoms. The normalized spacial score (nSPS) is 22.7. The zero-order valence-corrected chi connectivity index (χ0v) is 17.1. The van der Waals surface area contributed by atoms with Crippen molar-refractivity contribution < 1.29 is 22.8 Å². The molecular formula is C19H23ClF3N5O2. The zero-order valence-electron chi connectivity index (χ0n) is 16.3. The number of nitrogens with one attached hydrogen (secondary N) is 1. The van der Waals surface area contributed by atoms with E-state index in [0.29, 0.717) is 44.8 Å². The molecule has 0 unspecified atom stereocenters. The lowest BCUT2D eigenvalue weighted by atomic mass is 9.82. The van der Waals surface area contributed by atoms with Gasteiger partial charge in [-0.1, -0.05) is 30.9 Å².